The number of aliphatic imine (C=N–C) groups is 1. The van der Waals surface area contributed by atoms with E-state index in [2.05, 4.69) is 0 Å². The number of rotatable bonds is 6. The summed E-state index contributed by atoms with van der Waals surface area (Å²) in [6.45, 7) is 2.04. The Balaban J connectivity index is 1.49. The van der Waals surface area contributed by atoms with Crippen LogP contribution in [0.5, 0.6) is 0 Å². The molecule has 1 aliphatic carbocycles. The van der Waals surface area contributed by atoms with Crippen molar-refractivity contribution >= 4 is 52.3 Å². The second-order valence-electron chi connectivity index (χ2n) is 9.69. The van der Waals surface area contributed by atoms with Crippen LogP contribution in [0, 0.1) is 5.92 Å². The van der Waals surface area contributed by atoms with Crippen molar-refractivity contribution < 1.29 is 14.3 Å². The van der Waals surface area contributed by atoms with Gasteiger partial charge in [0.05, 0.1) is 16.7 Å². The lowest BCUT2D eigenvalue weighted by Crippen LogP contribution is -2.38. The minimum Gasteiger partial charge on any atom is -0.465 e. The van der Waals surface area contributed by atoms with Crippen LogP contribution < -0.4 is 0 Å². The number of esters is 1. The molecule has 3 aromatic rings. The van der Waals surface area contributed by atoms with Gasteiger partial charge in [0.2, 0.25) is 0 Å². The van der Waals surface area contributed by atoms with Crippen LogP contribution >= 0.6 is 34.8 Å². The number of hydrogen-bond donors (Lipinski definition) is 0. The quantitative estimate of drug-likeness (QED) is 0.284. The molecule has 0 fully saturated rings. The van der Waals surface area contributed by atoms with Crippen molar-refractivity contribution in [3.63, 3.8) is 0 Å². The summed E-state index contributed by atoms with van der Waals surface area (Å²) in [6, 6.07) is 22.7. The zero-order chi connectivity index (χ0) is 26.8. The van der Waals surface area contributed by atoms with E-state index in [-0.39, 0.29) is 18.3 Å². The molecule has 0 N–H and O–H groups in total. The van der Waals surface area contributed by atoms with E-state index >= 15 is 0 Å². The zero-order valence-corrected chi connectivity index (χ0v) is 23.1. The van der Waals surface area contributed by atoms with Gasteiger partial charge in [-0.15, -0.1) is 0 Å². The Kier molecular flexibility index (Phi) is 8.04. The van der Waals surface area contributed by atoms with Crippen molar-refractivity contribution in [3.8, 4) is 0 Å². The Morgan fingerprint density at radius 3 is 2.42 bits per heavy atom. The van der Waals surface area contributed by atoms with Crippen molar-refractivity contribution in [1.82, 2.24) is 0 Å². The van der Waals surface area contributed by atoms with Gasteiger partial charge >= 0.3 is 5.97 Å². The molecule has 1 unspecified atom stereocenters. The Hall–Kier alpha value is -2.92. The van der Waals surface area contributed by atoms with Crippen molar-refractivity contribution in [2.45, 2.75) is 38.0 Å². The average Bonchev–Trinajstić information content (AvgIpc) is 2.90. The first-order valence-electron chi connectivity index (χ1n) is 12.5. The van der Waals surface area contributed by atoms with E-state index in [1.54, 1.807) is 12.1 Å². The third-order valence-electron chi connectivity index (χ3n) is 7.28. The van der Waals surface area contributed by atoms with Crippen LogP contribution in [0.25, 0.3) is 0 Å². The van der Waals surface area contributed by atoms with Crippen LogP contribution in [0.1, 0.15) is 48.3 Å². The van der Waals surface area contributed by atoms with E-state index in [4.69, 9.17) is 44.5 Å². The number of hydrogen-bond acceptors (Lipinski definition) is 4. The fourth-order valence-corrected chi connectivity index (χ4v) is 5.99. The largest absolute Gasteiger partial charge is 0.465 e. The summed E-state index contributed by atoms with van der Waals surface area (Å²) in [5.41, 5.74) is 4.54. The Bertz CT molecular complexity index is 1430. The molecule has 0 saturated heterocycles. The molecule has 4 nitrogen and oxygen atoms in total. The Labute approximate surface area is 237 Å². The van der Waals surface area contributed by atoms with E-state index in [1.165, 1.54) is 0 Å². The summed E-state index contributed by atoms with van der Waals surface area (Å²) in [4.78, 5) is 32.1. The maximum atomic E-state index is 13.8. The molecule has 0 saturated carbocycles. The van der Waals surface area contributed by atoms with Gasteiger partial charge in [-0.1, -0.05) is 89.4 Å². The number of halogens is 3. The summed E-state index contributed by atoms with van der Waals surface area (Å²) in [7, 11) is 0. The number of benzene rings is 3. The molecule has 0 amide bonds. The number of carbonyl (C=O) groups is 2. The fourth-order valence-electron chi connectivity index (χ4n) is 5.44. The van der Waals surface area contributed by atoms with Gasteiger partial charge in [-0.05, 0) is 54.2 Å². The molecule has 1 heterocycles. The molecule has 5 rings (SSSR count). The lowest BCUT2D eigenvalue weighted by molar-refractivity contribution is -0.146. The first kappa shape index (κ1) is 26.7. The van der Waals surface area contributed by atoms with Gasteiger partial charge < -0.3 is 4.74 Å². The number of Topliss-reactive ketones (excluding diaryl/α,β-unsaturated/α-hetero) is 1. The maximum absolute atomic E-state index is 13.8. The smallest absolute Gasteiger partial charge is 0.315 e. The summed E-state index contributed by atoms with van der Waals surface area (Å²) >= 11 is 19.1. The van der Waals surface area contributed by atoms with E-state index < -0.39 is 17.8 Å². The van der Waals surface area contributed by atoms with Gasteiger partial charge in [0.15, 0.2) is 5.78 Å². The lowest BCUT2D eigenvalue weighted by atomic mass is 9.69. The topological polar surface area (TPSA) is 55.7 Å². The normalized spacial score (nSPS) is 21.1. The number of nitrogens with zero attached hydrogens (tertiary/aromatic N) is 1. The van der Waals surface area contributed by atoms with Crippen LogP contribution in [0.15, 0.2) is 89.1 Å². The first-order valence-corrected chi connectivity index (χ1v) is 13.7. The second kappa shape index (κ2) is 11.4. The van der Waals surface area contributed by atoms with Crippen LogP contribution in [0.4, 0.5) is 0 Å². The second-order valence-corrected chi connectivity index (χ2v) is 10.9. The molecule has 0 spiro atoms. The van der Waals surface area contributed by atoms with Crippen LogP contribution in [0.3, 0.4) is 0 Å². The lowest BCUT2D eigenvalue weighted by Gasteiger charge is -2.37. The first-order chi connectivity index (χ1) is 18.3. The standard InChI is InChI=1S/C31H26Cl3NO3/c1-18-27(31(37)38-15-14-19-6-3-2-4-7-19)28(23-8-5-9-24(33)30(23)34)29-25(35-18)16-21(17-26(29)36)20-10-12-22(32)13-11-20/h2-13,21,27-28H,14-17H2,1H3/t21-,27?,28-/m0/s1. The van der Waals surface area contributed by atoms with E-state index in [9.17, 15) is 9.59 Å². The number of ketones is 1. The van der Waals surface area contributed by atoms with Crippen LogP contribution in [-0.2, 0) is 20.7 Å². The molecule has 3 aromatic carbocycles. The van der Waals surface area contributed by atoms with Crippen LogP contribution in [0.2, 0.25) is 15.1 Å². The third-order valence-corrected chi connectivity index (χ3v) is 8.36. The van der Waals surface area contributed by atoms with Crippen molar-refractivity contribution in [3.05, 3.63) is 116 Å². The third kappa shape index (κ3) is 5.44. The molecule has 3 atom stereocenters. The highest BCUT2D eigenvalue weighted by Gasteiger charge is 2.45. The highest BCUT2D eigenvalue weighted by atomic mass is 35.5. The molecule has 0 aromatic heterocycles. The molecular weight excluding hydrogens is 541 g/mol. The zero-order valence-electron chi connectivity index (χ0n) is 20.8. The monoisotopic (exact) mass is 565 g/mol. The minimum absolute atomic E-state index is 0.0278. The predicted molar refractivity (Wildman–Crippen MR) is 152 cm³/mol. The van der Waals surface area contributed by atoms with Gasteiger partial charge in [0.25, 0.3) is 0 Å². The van der Waals surface area contributed by atoms with Crippen molar-refractivity contribution in [1.29, 1.82) is 0 Å². The van der Waals surface area contributed by atoms with Gasteiger partial charge in [-0.25, -0.2) is 0 Å². The van der Waals surface area contributed by atoms with Gasteiger partial charge in [-0.2, -0.15) is 0 Å². The molecular formula is C31H26Cl3NO3. The summed E-state index contributed by atoms with van der Waals surface area (Å²) in [6.07, 6.45) is 1.47. The predicted octanol–water partition coefficient (Wildman–Crippen LogP) is 8.01. The molecule has 2 aliphatic rings. The fraction of sp³-hybridized carbons (Fsp3) is 0.258. The number of allylic oxidation sites excluding steroid dienone is 2. The maximum Gasteiger partial charge on any atom is 0.315 e. The van der Waals surface area contributed by atoms with Crippen molar-refractivity contribution in [2.24, 2.45) is 10.9 Å². The SMILES string of the molecule is CC1=NC2=C(C(=O)C[C@@H](c3ccc(Cl)cc3)C2)[C@@H](c2cccc(Cl)c2Cl)C1C(=O)OCCc1ccccc1. The highest BCUT2D eigenvalue weighted by Crippen LogP contribution is 2.49. The Morgan fingerprint density at radius 2 is 1.68 bits per heavy atom. The van der Waals surface area contributed by atoms with Gasteiger partial charge in [-0.3, -0.25) is 14.6 Å². The van der Waals surface area contributed by atoms with E-state index in [1.807, 2.05) is 67.6 Å². The number of ether oxygens (including phenoxy) is 1. The minimum atomic E-state index is -0.781. The summed E-state index contributed by atoms with van der Waals surface area (Å²) < 4.78 is 5.75. The Morgan fingerprint density at radius 1 is 0.947 bits per heavy atom. The molecule has 7 heteroatoms. The summed E-state index contributed by atoms with van der Waals surface area (Å²) in [5.74, 6) is -1.92. The van der Waals surface area contributed by atoms with Gasteiger partial charge in [0.1, 0.15) is 5.92 Å². The molecule has 38 heavy (non-hydrogen) atoms. The molecule has 0 bridgehead atoms. The molecule has 1 aliphatic heterocycles. The highest BCUT2D eigenvalue weighted by molar-refractivity contribution is 6.42. The van der Waals surface area contributed by atoms with E-state index in [0.717, 1.165) is 11.1 Å². The number of carbonyl (C=O) groups excluding carboxylic acids is 2. The molecule has 194 valence electrons. The summed E-state index contributed by atoms with van der Waals surface area (Å²) in [5, 5.41) is 1.34. The van der Waals surface area contributed by atoms with E-state index in [0.29, 0.717) is 56.9 Å². The average molecular weight is 567 g/mol. The van der Waals surface area contributed by atoms with Gasteiger partial charge in [0, 0.05) is 40.8 Å². The molecule has 0 radical (unpaired) electrons. The van der Waals surface area contributed by atoms with Crippen molar-refractivity contribution in [2.75, 3.05) is 6.61 Å². The van der Waals surface area contributed by atoms with Crippen LogP contribution in [-0.4, -0.2) is 24.1 Å².